The van der Waals surface area contributed by atoms with Gasteiger partial charge in [0.15, 0.2) is 0 Å². The van der Waals surface area contributed by atoms with Crippen molar-refractivity contribution in [2.45, 2.75) is 43.5 Å². The molecule has 29 heavy (non-hydrogen) atoms. The van der Waals surface area contributed by atoms with Crippen LogP contribution < -0.4 is 5.32 Å². The summed E-state index contributed by atoms with van der Waals surface area (Å²) in [6.45, 7) is 3.58. The van der Waals surface area contributed by atoms with Gasteiger partial charge in [-0.15, -0.1) is 0 Å². The summed E-state index contributed by atoms with van der Waals surface area (Å²) in [5, 5.41) is 3.00. The van der Waals surface area contributed by atoms with E-state index in [0.29, 0.717) is 39.1 Å². The number of benzene rings is 1. The summed E-state index contributed by atoms with van der Waals surface area (Å²) in [5.74, 6) is 0.903. The van der Waals surface area contributed by atoms with E-state index in [-0.39, 0.29) is 16.8 Å². The van der Waals surface area contributed by atoms with Crippen molar-refractivity contribution >= 4 is 15.9 Å². The summed E-state index contributed by atoms with van der Waals surface area (Å²) in [4.78, 5) is 12.4. The number of morpholine rings is 1. The van der Waals surface area contributed by atoms with E-state index >= 15 is 0 Å². The highest BCUT2D eigenvalue weighted by atomic mass is 32.2. The SMILES string of the molecule is CC(CCc1ccco1)NC(=O)CCc1ccc(S(=O)(=O)N2CCOCC2)cc1. The van der Waals surface area contributed by atoms with Crippen molar-refractivity contribution in [1.82, 2.24) is 9.62 Å². The standard InChI is InChI=1S/C21H28N2O5S/c1-17(4-8-19-3-2-14-28-19)22-21(24)11-7-18-5-9-20(10-6-18)29(25,26)23-12-15-27-16-13-23/h2-3,5-6,9-10,14,17H,4,7-8,11-13,15-16H2,1H3,(H,22,24). The zero-order chi connectivity index (χ0) is 20.7. The molecule has 158 valence electrons. The first-order chi connectivity index (χ1) is 13.9. The van der Waals surface area contributed by atoms with Crippen molar-refractivity contribution < 1.29 is 22.4 Å². The van der Waals surface area contributed by atoms with E-state index < -0.39 is 10.0 Å². The highest BCUT2D eigenvalue weighted by Crippen LogP contribution is 2.18. The molecule has 8 heteroatoms. The number of aryl methyl sites for hydroxylation is 2. The van der Waals surface area contributed by atoms with Gasteiger partial charge < -0.3 is 14.5 Å². The van der Waals surface area contributed by atoms with E-state index in [0.717, 1.165) is 24.2 Å². The fraction of sp³-hybridized carbons (Fsp3) is 0.476. The van der Waals surface area contributed by atoms with Crippen LogP contribution >= 0.6 is 0 Å². The summed E-state index contributed by atoms with van der Waals surface area (Å²) in [6, 6.07) is 10.6. The molecule has 7 nitrogen and oxygen atoms in total. The summed E-state index contributed by atoms with van der Waals surface area (Å²) < 4.78 is 37.2. The predicted molar refractivity (Wildman–Crippen MR) is 109 cm³/mol. The Morgan fingerprint density at radius 2 is 1.86 bits per heavy atom. The molecule has 1 fully saturated rings. The average Bonchev–Trinajstić information content (AvgIpc) is 3.25. The first kappa shape index (κ1) is 21.5. The summed E-state index contributed by atoms with van der Waals surface area (Å²) in [5.41, 5.74) is 0.935. The van der Waals surface area contributed by atoms with Gasteiger partial charge >= 0.3 is 0 Å². The fourth-order valence-corrected chi connectivity index (χ4v) is 4.66. The van der Waals surface area contributed by atoms with Gasteiger partial charge in [0.05, 0.1) is 24.4 Å². The Balaban J connectivity index is 1.45. The minimum atomic E-state index is -3.48. The maximum atomic E-state index is 12.6. The Morgan fingerprint density at radius 3 is 2.52 bits per heavy atom. The van der Waals surface area contributed by atoms with Crippen LogP contribution in [0.4, 0.5) is 0 Å². The van der Waals surface area contributed by atoms with E-state index in [1.807, 2.05) is 19.1 Å². The van der Waals surface area contributed by atoms with E-state index in [1.165, 1.54) is 4.31 Å². The molecule has 1 N–H and O–H groups in total. The van der Waals surface area contributed by atoms with E-state index in [4.69, 9.17) is 9.15 Å². The smallest absolute Gasteiger partial charge is 0.243 e. The number of hydrogen-bond acceptors (Lipinski definition) is 5. The van der Waals surface area contributed by atoms with Crippen molar-refractivity contribution in [2.75, 3.05) is 26.3 Å². The highest BCUT2D eigenvalue weighted by Gasteiger charge is 2.26. The van der Waals surface area contributed by atoms with Gasteiger partial charge in [-0.05, 0) is 49.6 Å². The number of nitrogens with zero attached hydrogens (tertiary/aromatic N) is 1. The fourth-order valence-electron chi connectivity index (χ4n) is 3.25. The maximum absolute atomic E-state index is 12.6. The molecule has 1 amide bonds. The summed E-state index contributed by atoms with van der Waals surface area (Å²) in [6.07, 6.45) is 4.17. The minimum Gasteiger partial charge on any atom is -0.469 e. The lowest BCUT2D eigenvalue weighted by molar-refractivity contribution is -0.121. The van der Waals surface area contributed by atoms with Crippen molar-refractivity contribution in [3.8, 4) is 0 Å². The monoisotopic (exact) mass is 420 g/mol. The number of ether oxygens (including phenoxy) is 1. The zero-order valence-corrected chi connectivity index (χ0v) is 17.5. The van der Waals surface area contributed by atoms with Crippen LogP contribution in [0.25, 0.3) is 0 Å². The van der Waals surface area contributed by atoms with Gasteiger partial charge in [-0.2, -0.15) is 4.31 Å². The molecule has 0 aliphatic carbocycles. The lowest BCUT2D eigenvalue weighted by Gasteiger charge is -2.26. The van der Waals surface area contributed by atoms with Crippen LogP contribution in [0.1, 0.15) is 31.1 Å². The van der Waals surface area contributed by atoms with Crippen LogP contribution in [-0.4, -0.2) is 51.0 Å². The first-order valence-corrected chi connectivity index (χ1v) is 11.4. The van der Waals surface area contributed by atoms with Crippen LogP contribution in [0.2, 0.25) is 0 Å². The number of amides is 1. The number of carbonyl (C=O) groups is 1. The third-order valence-corrected chi connectivity index (χ3v) is 6.90. The molecule has 0 saturated carbocycles. The van der Waals surface area contributed by atoms with Crippen molar-refractivity contribution in [3.05, 3.63) is 54.0 Å². The molecule has 3 rings (SSSR count). The predicted octanol–water partition coefficient (Wildman–Crippen LogP) is 2.37. The average molecular weight is 421 g/mol. The molecular weight excluding hydrogens is 392 g/mol. The van der Waals surface area contributed by atoms with Crippen LogP contribution in [0.5, 0.6) is 0 Å². The second kappa shape index (κ2) is 10.0. The number of carbonyl (C=O) groups excluding carboxylic acids is 1. The second-order valence-corrected chi connectivity index (χ2v) is 9.18. The number of furan rings is 1. The van der Waals surface area contributed by atoms with Gasteiger partial charge in [0.2, 0.25) is 15.9 Å². The summed E-state index contributed by atoms with van der Waals surface area (Å²) >= 11 is 0. The Hall–Kier alpha value is -2.16. The molecule has 2 aromatic rings. The van der Waals surface area contributed by atoms with Crippen molar-refractivity contribution in [2.24, 2.45) is 0 Å². The zero-order valence-electron chi connectivity index (χ0n) is 16.7. The molecule has 1 atom stereocenters. The Kier molecular flexibility index (Phi) is 7.46. The topological polar surface area (TPSA) is 88.8 Å². The van der Waals surface area contributed by atoms with Gasteiger partial charge in [0.25, 0.3) is 0 Å². The Bertz CT molecular complexity index is 872. The third kappa shape index (κ3) is 6.16. The van der Waals surface area contributed by atoms with Gasteiger partial charge in [-0.3, -0.25) is 4.79 Å². The molecule has 1 aliphatic heterocycles. The maximum Gasteiger partial charge on any atom is 0.243 e. The summed E-state index contributed by atoms with van der Waals surface area (Å²) in [7, 11) is -3.48. The van der Waals surface area contributed by atoms with Crippen LogP contribution in [-0.2, 0) is 32.4 Å². The largest absolute Gasteiger partial charge is 0.469 e. The molecule has 0 bridgehead atoms. The first-order valence-electron chi connectivity index (χ1n) is 9.94. The molecule has 0 spiro atoms. The Labute approximate surface area is 172 Å². The van der Waals surface area contributed by atoms with E-state index in [1.54, 1.807) is 30.5 Å². The number of nitrogens with one attached hydrogen (secondary N) is 1. The molecule has 0 radical (unpaired) electrons. The number of rotatable bonds is 9. The molecule has 1 aliphatic rings. The Morgan fingerprint density at radius 1 is 1.14 bits per heavy atom. The van der Waals surface area contributed by atoms with Gasteiger partial charge in [0.1, 0.15) is 5.76 Å². The third-order valence-electron chi connectivity index (χ3n) is 4.98. The number of hydrogen-bond donors (Lipinski definition) is 1. The quantitative estimate of drug-likeness (QED) is 0.673. The highest BCUT2D eigenvalue weighted by molar-refractivity contribution is 7.89. The second-order valence-electron chi connectivity index (χ2n) is 7.25. The number of sulfonamides is 1. The molecule has 1 aromatic heterocycles. The lowest BCUT2D eigenvalue weighted by Crippen LogP contribution is -2.40. The van der Waals surface area contributed by atoms with Gasteiger partial charge in [-0.25, -0.2) is 8.42 Å². The van der Waals surface area contributed by atoms with E-state index in [2.05, 4.69) is 5.32 Å². The van der Waals surface area contributed by atoms with Gasteiger partial charge in [-0.1, -0.05) is 12.1 Å². The molecule has 2 heterocycles. The lowest BCUT2D eigenvalue weighted by atomic mass is 10.1. The molecule has 1 unspecified atom stereocenters. The normalized spacial score (nSPS) is 16.4. The molecule has 1 saturated heterocycles. The van der Waals surface area contributed by atoms with Crippen LogP contribution in [0.3, 0.4) is 0 Å². The van der Waals surface area contributed by atoms with Gasteiger partial charge in [0, 0.05) is 32.0 Å². The minimum absolute atomic E-state index is 0.0121. The van der Waals surface area contributed by atoms with Crippen LogP contribution in [0.15, 0.2) is 52.0 Å². The molecular formula is C21H28N2O5S. The van der Waals surface area contributed by atoms with Crippen LogP contribution in [0, 0.1) is 0 Å². The van der Waals surface area contributed by atoms with Crippen molar-refractivity contribution in [1.29, 1.82) is 0 Å². The van der Waals surface area contributed by atoms with E-state index in [9.17, 15) is 13.2 Å². The molecule has 1 aromatic carbocycles. The van der Waals surface area contributed by atoms with Crippen molar-refractivity contribution in [3.63, 3.8) is 0 Å².